The Morgan fingerprint density at radius 2 is 1.39 bits per heavy atom. The molecular formula is C26H24N4O3. The van der Waals surface area contributed by atoms with Gasteiger partial charge in [-0.2, -0.15) is 0 Å². The number of carbonyl (C=O) groups excluding carboxylic acids is 3. The van der Waals surface area contributed by atoms with Crippen molar-refractivity contribution in [2.24, 2.45) is 0 Å². The lowest BCUT2D eigenvalue weighted by molar-refractivity contribution is -0.120. The van der Waals surface area contributed by atoms with Crippen LogP contribution in [-0.4, -0.2) is 31.8 Å². The minimum absolute atomic E-state index is 0.187. The number of benzene rings is 3. The molecule has 0 bridgehead atoms. The van der Waals surface area contributed by atoms with Crippen LogP contribution in [0.5, 0.6) is 0 Å². The van der Waals surface area contributed by atoms with Crippen molar-refractivity contribution in [2.45, 2.75) is 6.92 Å². The fourth-order valence-corrected chi connectivity index (χ4v) is 3.64. The van der Waals surface area contributed by atoms with Crippen LogP contribution in [0.25, 0.3) is 5.57 Å². The Hall–Kier alpha value is -4.39. The lowest BCUT2D eigenvalue weighted by atomic mass is 10.0. The van der Waals surface area contributed by atoms with Gasteiger partial charge in [0, 0.05) is 38.1 Å². The Bertz CT molecular complexity index is 1230. The number of nitrogens with zero attached hydrogens (tertiary/aromatic N) is 2. The number of amides is 3. The number of nitrogens with one attached hydrogen (secondary N) is 2. The van der Waals surface area contributed by atoms with Crippen LogP contribution in [0.4, 0.5) is 22.7 Å². The maximum atomic E-state index is 13.5. The first kappa shape index (κ1) is 21.8. The van der Waals surface area contributed by atoms with Gasteiger partial charge in [0.2, 0.25) is 5.91 Å². The van der Waals surface area contributed by atoms with Crippen molar-refractivity contribution in [3.63, 3.8) is 0 Å². The zero-order valence-corrected chi connectivity index (χ0v) is 18.6. The molecule has 0 saturated carbocycles. The molecule has 0 saturated heterocycles. The Morgan fingerprint density at radius 1 is 0.788 bits per heavy atom. The van der Waals surface area contributed by atoms with E-state index in [0.29, 0.717) is 22.6 Å². The molecule has 7 heteroatoms. The third kappa shape index (κ3) is 4.48. The predicted molar refractivity (Wildman–Crippen MR) is 131 cm³/mol. The van der Waals surface area contributed by atoms with E-state index in [0.717, 1.165) is 5.69 Å². The van der Waals surface area contributed by atoms with Crippen molar-refractivity contribution in [2.75, 3.05) is 34.5 Å². The second kappa shape index (κ2) is 9.00. The molecule has 3 aromatic carbocycles. The van der Waals surface area contributed by atoms with Crippen molar-refractivity contribution in [3.05, 3.63) is 90.1 Å². The van der Waals surface area contributed by atoms with Gasteiger partial charge in [0.1, 0.15) is 5.70 Å². The summed E-state index contributed by atoms with van der Waals surface area (Å²) in [6.07, 6.45) is 0. The van der Waals surface area contributed by atoms with E-state index in [1.807, 2.05) is 49.3 Å². The van der Waals surface area contributed by atoms with Gasteiger partial charge in [-0.25, -0.2) is 4.90 Å². The fraction of sp³-hybridized carbons (Fsp3) is 0.115. The topological polar surface area (TPSA) is 81.8 Å². The second-order valence-electron chi connectivity index (χ2n) is 7.86. The summed E-state index contributed by atoms with van der Waals surface area (Å²) in [6, 6.07) is 23.3. The number of imide groups is 1. The van der Waals surface area contributed by atoms with Crippen LogP contribution in [0, 0.1) is 0 Å². The molecule has 0 aromatic heterocycles. The third-order valence-corrected chi connectivity index (χ3v) is 5.25. The lowest BCUT2D eigenvalue weighted by Crippen LogP contribution is -2.32. The van der Waals surface area contributed by atoms with E-state index in [4.69, 9.17) is 0 Å². The highest BCUT2D eigenvalue weighted by atomic mass is 16.2. The minimum Gasteiger partial charge on any atom is -0.378 e. The van der Waals surface area contributed by atoms with Crippen molar-refractivity contribution in [1.29, 1.82) is 0 Å². The summed E-state index contributed by atoms with van der Waals surface area (Å²) in [5.41, 5.74) is 3.87. The standard InChI is InChI=1S/C26H24N4O3/c1-17(31)27-19-11-9-18(10-12-19)23-24(28-20-13-15-21(16-14-20)29(2)3)26(33)30(25(23)32)22-7-5-4-6-8-22/h4-16,28H,1-3H3,(H,27,31). The summed E-state index contributed by atoms with van der Waals surface area (Å²) < 4.78 is 0. The van der Waals surface area contributed by atoms with Crippen LogP contribution in [0.1, 0.15) is 12.5 Å². The minimum atomic E-state index is -0.427. The van der Waals surface area contributed by atoms with Gasteiger partial charge in [0.15, 0.2) is 0 Å². The summed E-state index contributed by atoms with van der Waals surface area (Å²) >= 11 is 0. The lowest BCUT2D eigenvalue weighted by Gasteiger charge is -2.16. The Balaban J connectivity index is 1.75. The van der Waals surface area contributed by atoms with Gasteiger partial charge >= 0.3 is 0 Å². The van der Waals surface area contributed by atoms with Gasteiger partial charge in [0.05, 0.1) is 11.3 Å². The number of anilines is 4. The summed E-state index contributed by atoms with van der Waals surface area (Å²) in [7, 11) is 3.90. The van der Waals surface area contributed by atoms with Crippen molar-refractivity contribution >= 4 is 46.0 Å². The molecule has 7 nitrogen and oxygen atoms in total. The van der Waals surface area contributed by atoms with E-state index in [2.05, 4.69) is 10.6 Å². The third-order valence-electron chi connectivity index (χ3n) is 5.25. The highest BCUT2D eigenvalue weighted by Crippen LogP contribution is 2.34. The first-order valence-electron chi connectivity index (χ1n) is 10.5. The zero-order chi connectivity index (χ0) is 23.5. The quantitative estimate of drug-likeness (QED) is 0.564. The molecule has 4 rings (SSSR count). The van der Waals surface area contributed by atoms with Gasteiger partial charge in [-0.05, 0) is 54.1 Å². The Morgan fingerprint density at radius 3 is 1.97 bits per heavy atom. The molecule has 0 spiro atoms. The molecule has 0 radical (unpaired) electrons. The number of hydrogen-bond acceptors (Lipinski definition) is 5. The Labute approximate surface area is 192 Å². The smallest absolute Gasteiger partial charge is 0.282 e. The first-order chi connectivity index (χ1) is 15.8. The highest BCUT2D eigenvalue weighted by Gasteiger charge is 2.40. The molecular weight excluding hydrogens is 416 g/mol. The van der Waals surface area contributed by atoms with Gasteiger partial charge in [0.25, 0.3) is 11.8 Å². The van der Waals surface area contributed by atoms with Gasteiger partial charge in [-0.3, -0.25) is 14.4 Å². The molecule has 3 aromatic rings. The predicted octanol–water partition coefficient (Wildman–Crippen LogP) is 4.11. The summed E-state index contributed by atoms with van der Waals surface area (Å²) in [5.74, 6) is -1.03. The van der Waals surface area contributed by atoms with Gasteiger partial charge < -0.3 is 15.5 Å². The van der Waals surface area contributed by atoms with Crippen LogP contribution in [-0.2, 0) is 14.4 Å². The second-order valence-corrected chi connectivity index (χ2v) is 7.86. The molecule has 3 amide bonds. The fourth-order valence-electron chi connectivity index (χ4n) is 3.64. The molecule has 0 aliphatic carbocycles. The van der Waals surface area contributed by atoms with Gasteiger partial charge in [-0.15, -0.1) is 0 Å². The molecule has 0 fully saturated rings. The molecule has 1 aliphatic heterocycles. The van der Waals surface area contributed by atoms with Crippen LogP contribution in [0.3, 0.4) is 0 Å². The first-order valence-corrected chi connectivity index (χ1v) is 10.5. The van der Waals surface area contributed by atoms with Crippen molar-refractivity contribution in [3.8, 4) is 0 Å². The number of para-hydroxylation sites is 1. The zero-order valence-electron chi connectivity index (χ0n) is 18.6. The van der Waals surface area contributed by atoms with Crippen LogP contribution in [0.2, 0.25) is 0 Å². The SMILES string of the molecule is CC(=O)Nc1ccc(C2=C(Nc3ccc(N(C)C)cc3)C(=O)N(c3ccccc3)C2=O)cc1. The summed E-state index contributed by atoms with van der Waals surface area (Å²) in [5, 5.41) is 5.87. The maximum absolute atomic E-state index is 13.5. The van der Waals surface area contributed by atoms with E-state index < -0.39 is 11.8 Å². The van der Waals surface area contributed by atoms with Crippen LogP contribution < -0.4 is 20.4 Å². The van der Waals surface area contributed by atoms with Crippen molar-refractivity contribution < 1.29 is 14.4 Å². The number of rotatable bonds is 6. The molecule has 33 heavy (non-hydrogen) atoms. The molecule has 0 atom stereocenters. The highest BCUT2D eigenvalue weighted by molar-refractivity contribution is 6.46. The average Bonchev–Trinajstić information content (AvgIpc) is 3.04. The summed E-state index contributed by atoms with van der Waals surface area (Å²) in [4.78, 5) is 41.4. The van der Waals surface area contributed by atoms with E-state index >= 15 is 0 Å². The van der Waals surface area contributed by atoms with Crippen LogP contribution >= 0.6 is 0 Å². The largest absolute Gasteiger partial charge is 0.378 e. The number of carbonyl (C=O) groups is 3. The monoisotopic (exact) mass is 440 g/mol. The summed E-state index contributed by atoms with van der Waals surface area (Å²) in [6.45, 7) is 1.43. The average molecular weight is 441 g/mol. The Kier molecular flexibility index (Phi) is 5.95. The maximum Gasteiger partial charge on any atom is 0.282 e. The van der Waals surface area contributed by atoms with Gasteiger partial charge in [-0.1, -0.05) is 30.3 Å². The normalized spacial score (nSPS) is 13.4. The van der Waals surface area contributed by atoms with Crippen LogP contribution in [0.15, 0.2) is 84.6 Å². The van der Waals surface area contributed by atoms with E-state index in [9.17, 15) is 14.4 Å². The van der Waals surface area contributed by atoms with E-state index in [1.165, 1.54) is 11.8 Å². The molecule has 2 N–H and O–H groups in total. The molecule has 1 aliphatic rings. The molecule has 0 unspecified atom stereocenters. The molecule has 1 heterocycles. The van der Waals surface area contributed by atoms with E-state index in [1.54, 1.807) is 48.5 Å². The van der Waals surface area contributed by atoms with E-state index in [-0.39, 0.29) is 17.2 Å². The number of hydrogen-bond donors (Lipinski definition) is 2. The molecule has 166 valence electrons. The van der Waals surface area contributed by atoms with Crippen molar-refractivity contribution in [1.82, 2.24) is 0 Å².